The van der Waals surface area contributed by atoms with E-state index < -0.39 is 39.5 Å². The van der Waals surface area contributed by atoms with Gasteiger partial charge in [-0.1, -0.05) is 24.3 Å². The molecule has 2 aromatic rings. The fraction of sp³-hybridized carbons (Fsp3) is 0.375. The first-order chi connectivity index (χ1) is 18.2. The van der Waals surface area contributed by atoms with Gasteiger partial charge in [0.05, 0.1) is 11.4 Å². The maximum absolute atomic E-state index is 13.3. The lowest BCUT2D eigenvalue weighted by Gasteiger charge is -2.17. The van der Waals surface area contributed by atoms with E-state index >= 15 is 0 Å². The van der Waals surface area contributed by atoms with Crippen LogP contribution in [0, 0.1) is 11.6 Å². The van der Waals surface area contributed by atoms with Crippen LogP contribution in [-0.2, 0) is 25.8 Å². The SMILES string of the molecule is CN(CCc1ccc(C2=NCCN2)cc1)C(=O)CCNCS(=O)(=O)c1ccc(F)c(F)c1.O=C(O)C(F)(F)F. The minimum absolute atomic E-state index is 0.119. The Morgan fingerprint density at radius 3 is 2.28 bits per heavy atom. The van der Waals surface area contributed by atoms with Crippen LogP contribution in [0.4, 0.5) is 22.0 Å². The number of nitrogens with one attached hydrogen (secondary N) is 2. The maximum atomic E-state index is 13.3. The second kappa shape index (κ2) is 14.0. The number of likely N-dealkylation sites (N-methyl/N-ethyl adjacent to an activating group) is 1. The van der Waals surface area contributed by atoms with E-state index in [4.69, 9.17) is 9.90 Å². The van der Waals surface area contributed by atoms with E-state index in [1.165, 1.54) is 0 Å². The van der Waals surface area contributed by atoms with Crippen LogP contribution < -0.4 is 10.6 Å². The number of alkyl halides is 3. The minimum Gasteiger partial charge on any atom is -0.475 e. The van der Waals surface area contributed by atoms with Crippen LogP contribution in [-0.4, -0.2) is 81.4 Å². The Bertz CT molecular complexity index is 1280. The van der Waals surface area contributed by atoms with Crippen molar-refractivity contribution in [3.8, 4) is 0 Å². The molecule has 39 heavy (non-hydrogen) atoms. The van der Waals surface area contributed by atoms with Gasteiger partial charge in [-0.15, -0.1) is 0 Å². The number of carboxylic acid groups (broad SMARTS) is 1. The Morgan fingerprint density at radius 2 is 1.74 bits per heavy atom. The third kappa shape index (κ3) is 10.2. The van der Waals surface area contributed by atoms with E-state index in [1.807, 2.05) is 24.3 Å². The molecular weight excluding hydrogens is 551 g/mol. The highest BCUT2D eigenvalue weighted by Crippen LogP contribution is 2.15. The van der Waals surface area contributed by atoms with E-state index in [-0.39, 0.29) is 23.8 Å². The number of hydrogen-bond donors (Lipinski definition) is 3. The zero-order valence-corrected chi connectivity index (χ0v) is 21.6. The van der Waals surface area contributed by atoms with Gasteiger partial charge in [-0.3, -0.25) is 9.79 Å². The lowest BCUT2D eigenvalue weighted by Crippen LogP contribution is -2.32. The van der Waals surface area contributed by atoms with Gasteiger partial charge in [0.15, 0.2) is 21.5 Å². The van der Waals surface area contributed by atoms with Gasteiger partial charge in [-0.2, -0.15) is 13.2 Å². The minimum atomic E-state index is -5.08. The number of aliphatic carboxylic acids is 1. The molecule has 0 saturated carbocycles. The number of amidine groups is 1. The topological polar surface area (TPSA) is 128 Å². The van der Waals surface area contributed by atoms with Gasteiger partial charge in [0.25, 0.3) is 0 Å². The largest absolute Gasteiger partial charge is 0.490 e. The summed E-state index contributed by atoms with van der Waals surface area (Å²) < 4.78 is 82.3. The Hall–Kier alpha value is -3.59. The molecule has 0 aromatic heterocycles. The standard InChI is InChI=1S/C22H26F2N4O3S.C2HF3O2/c1-28(13-9-16-2-4-17(5-3-16)22-26-11-12-27-22)21(29)8-10-25-15-32(30,31)18-6-7-19(23)20(24)14-18;3-2(4,5)1(6)7/h2-7,14,25H,8-13,15H2,1H3,(H,26,27);(H,6,7). The van der Waals surface area contributed by atoms with Gasteiger partial charge in [-0.25, -0.2) is 22.0 Å². The van der Waals surface area contributed by atoms with E-state index in [0.717, 1.165) is 42.2 Å². The van der Waals surface area contributed by atoms with E-state index in [1.54, 1.807) is 11.9 Å². The number of rotatable bonds is 10. The van der Waals surface area contributed by atoms with Crippen molar-refractivity contribution in [2.24, 2.45) is 4.99 Å². The highest BCUT2D eigenvalue weighted by atomic mass is 32.2. The number of halogens is 5. The highest BCUT2D eigenvalue weighted by molar-refractivity contribution is 7.91. The zero-order valence-electron chi connectivity index (χ0n) is 20.8. The van der Waals surface area contributed by atoms with Crippen LogP contribution >= 0.6 is 0 Å². The molecule has 214 valence electrons. The summed E-state index contributed by atoms with van der Waals surface area (Å²) in [5, 5.41) is 13.0. The molecule has 1 heterocycles. The molecule has 3 rings (SSSR count). The summed E-state index contributed by atoms with van der Waals surface area (Å²) in [6.07, 6.45) is -4.27. The fourth-order valence-electron chi connectivity index (χ4n) is 3.19. The van der Waals surface area contributed by atoms with Crippen LogP contribution in [0.15, 0.2) is 52.4 Å². The van der Waals surface area contributed by atoms with Crippen molar-refractivity contribution in [2.75, 3.05) is 39.1 Å². The summed E-state index contributed by atoms with van der Waals surface area (Å²) >= 11 is 0. The van der Waals surface area contributed by atoms with Crippen molar-refractivity contribution in [1.82, 2.24) is 15.5 Å². The summed E-state index contributed by atoms with van der Waals surface area (Å²) in [6.45, 7) is 2.32. The van der Waals surface area contributed by atoms with Gasteiger partial charge in [0.2, 0.25) is 5.91 Å². The second-order valence-electron chi connectivity index (χ2n) is 8.31. The maximum Gasteiger partial charge on any atom is 0.490 e. The van der Waals surface area contributed by atoms with Crippen molar-refractivity contribution in [3.05, 3.63) is 65.2 Å². The van der Waals surface area contributed by atoms with Crippen LogP contribution in [0.3, 0.4) is 0 Å². The van der Waals surface area contributed by atoms with Crippen molar-refractivity contribution < 1.29 is 45.1 Å². The first kappa shape index (κ1) is 31.6. The molecule has 0 fully saturated rings. The van der Waals surface area contributed by atoms with Crippen LogP contribution in [0.5, 0.6) is 0 Å². The number of carbonyl (C=O) groups excluding carboxylic acids is 1. The van der Waals surface area contributed by atoms with Crippen LogP contribution in [0.1, 0.15) is 17.5 Å². The number of sulfone groups is 1. The summed E-state index contributed by atoms with van der Waals surface area (Å²) in [7, 11) is -2.13. The first-order valence-electron chi connectivity index (χ1n) is 11.5. The predicted molar refractivity (Wildman–Crippen MR) is 132 cm³/mol. The van der Waals surface area contributed by atoms with Crippen molar-refractivity contribution in [3.63, 3.8) is 0 Å². The van der Waals surface area contributed by atoms with Gasteiger partial charge in [0, 0.05) is 38.7 Å². The fourth-order valence-corrected chi connectivity index (χ4v) is 4.33. The van der Waals surface area contributed by atoms with Gasteiger partial charge < -0.3 is 20.6 Å². The summed E-state index contributed by atoms with van der Waals surface area (Å²) in [4.78, 5) is 26.9. The number of carboxylic acids is 1. The summed E-state index contributed by atoms with van der Waals surface area (Å²) in [6, 6.07) is 10.5. The average molecular weight is 579 g/mol. The lowest BCUT2D eigenvalue weighted by molar-refractivity contribution is -0.192. The molecule has 0 spiro atoms. The Labute approximate surface area is 221 Å². The summed E-state index contributed by atoms with van der Waals surface area (Å²) in [5.74, 6) is -4.77. The number of amides is 1. The van der Waals surface area contributed by atoms with Crippen molar-refractivity contribution in [2.45, 2.75) is 23.9 Å². The Kier molecular flexibility index (Phi) is 11.3. The third-order valence-corrected chi connectivity index (χ3v) is 6.92. The molecule has 1 aliphatic heterocycles. The predicted octanol–water partition coefficient (Wildman–Crippen LogP) is 2.36. The molecule has 3 N–H and O–H groups in total. The van der Waals surface area contributed by atoms with Crippen LogP contribution in [0.2, 0.25) is 0 Å². The van der Waals surface area contributed by atoms with E-state index in [9.17, 15) is 35.2 Å². The number of hydrogen-bond acceptors (Lipinski definition) is 7. The molecule has 0 saturated heterocycles. The molecule has 9 nitrogen and oxygen atoms in total. The molecule has 0 aliphatic carbocycles. The molecule has 1 amide bonds. The van der Waals surface area contributed by atoms with Gasteiger partial charge in [-0.05, 0) is 30.2 Å². The molecule has 0 atom stereocenters. The molecule has 0 radical (unpaired) electrons. The average Bonchev–Trinajstić information content (AvgIpc) is 3.42. The monoisotopic (exact) mass is 578 g/mol. The molecular formula is C24H27F5N4O5S. The second-order valence-corrected chi connectivity index (χ2v) is 10.3. The number of benzene rings is 2. The zero-order chi connectivity index (χ0) is 29.2. The molecule has 0 unspecified atom stereocenters. The third-order valence-electron chi connectivity index (χ3n) is 5.36. The first-order valence-corrected chi connectivity index (χ1v) is 13.2. The smallest absolute Gasteiger partial charge is 0.475 e. The normalized spacial score (nSPS) is 13.1. The summed E-state index contributed by atoms with van der Waals surface area (Å²) in [5.41, 5.74) is 2.14. The molecule has 0 bridgehead atoms. The van der Waals surface area contributed by atoms with Crippen LogP contribution in [0.25, 0.3) is 0 Å². The van der Waals surface area contributed by atoms with Gasteiger partial charge in [0.1, 0.15) is 11.7 Å². The number of carbonyl (C=O) groups is 2. The molecule has 15 heteroatoms. The highest BCUT2D eigenvalue weighted by Gasteiger charge is 2.38. The Morgan fingerprint density at radius 1 is 1.10 bits per heavy atom. The number of aliphatic imine (C=N–C) groups is 1. The lowest BCUT2D eigenvalue weighted by atomic mass is 10.1. The van der Waals surface area contributed by atoms with E-state index in [0.29, 0.717) is 19.0 Å². The van der Waals surface area contributed by atoms with Crippen molar-refractivity contribution >= 4 is 27.5 Å². The van der Waals surface area contributed by atoms with E-state index in [2.05, 4.69) is 15.6 Å². The number of nitrogens with zero attached hydrogens (tertiary/aromatic N) is 2. The quantitative estimate of drug-likeness (QED) is 0.224. The van der Waals surface area contributed by atoms with Crippen molar-refractivity contribution in [1.29, 1.82) is 0 Å². The Balaban J connectivity index is 0.000000673. The molecule has 1 aliphatic rings. The molecule has 2 aromatic carbocycles. The van der Waals surface area contributed by atoms with Gasteiger partial charge >= 0.3 is 12.1 Å².